The number of hydrogen-bond donors (Lipinski definition) is 1. The largest absolute Gasteiger partial charge is 0.322 e. The molecule has 0 spiro atoms. The Kier molecular flexibility index (Phi) is 5.67. The normalized spacial score (nSPS) is 17.1. The van der Waals surface area contributed by atoms with Crippen molar-refractivity contribution in [3.05, 3.63) is 76.7 Å². The van der Waals surface area contributed by atoms with E-state index < -0.39 is 21.7 Å². The minimum atomic E-state index is -3.18. The third kappa shape index (κ3) is 4.20. The number of rotatable bonds is 4. The Hall–Kier alpha value is -3.59. The van der Waals surface area contributed by atoms with Gasteiger partial charge < -0.3 is 5.32 Å². The summed E-state index contributed by atoms with van der Waals surface area (Å²) in [6, 6.07) is 13.1. The number of hydrogen-bond acceptors (Lipinski definition) is 5. The van der Waals surface area contributed by atoms with Crippen LogP contribution < -0.4 is 5.32 Å². The highest BCUT2D eigenvalue weighted by molar-refractivity contribution is 7.91. The summed E-state index contributed by atoms with van der Waals surface area (Å²) in [6.45, 7) is 5.67. The Morgan fingerprint density at radius 2 is 1.89 bits per heavy atom. The molecule has 1 atom stereocenters. The van der Waals surface area contributed by atoms with Crippen LogP contribution in [-0.2, 0) is 9.84 Å². The minimum Gasteiger partial charge on any atom is -0.322 e. The number of aromatic nitrogens is 3. The fraction of sp³-hybridized carbons (Fsp3) is 0.269. The average molecular weight is 493 g/mol. The highest BCUT2D eigenvalue weighted by Gasteiger charge is 2.32. The molecule has 1 N–H and O–H groups in total. The summed E-state index contributed by atoms with van der Waals surface area (Å²) in [7, 11) is -3.18. The van der Waals surface area contributed by atoms with Crippen LogP contribution in [0.15, 0.2) is 48.5 Å². The molecule has 1 amide bonds. The predicted octanol–water partition coefficient (Wildman–Crippen LogP) is 4.77. The van der Waals surface area contributed by atoms with Crippen molar-refractivity contribution < 1.29 is 17.6 Å². The number of amides is 1. The molecule has 1 unspecified atom stereocenters. The SMILES string of the molecule is Cc1cccc(NC(=O)c2cc(-c3ccccc3F)nc3c2c(C)nn3C2CCS(=O)(=O)C2)c1C. The third-order valence-corrected chi connectivity index (χ3v) is 8.39. The highest BCUT2D eigenvalue weighted by atomic mass is 32.2. The summed E-state index contributed by atoms with van der Waals surface area (Å²) in [5.74, 6) is -0.805. The summed E-state index contributed by atoms with van der Waals surface area (Å²) in [6.07, 6.45) is 0.411. The first-order chi connectivity index (χ1) is 16.6. The van der Waals surface area contributed by atoms with Crippen LogP contribution in [0.1, 0.15) is 39.6 Å². The molecule has 35 heavy (non-hydrogen) atoms. The Morgan fingerprint density at radius 3 is 2.60 bits per heavy atom. The van der Waals surface area contributed by atoms with Crippen molar-refractivity contribution in [1.82, 2.24) is 14.8 Å². The zero-order valence-corrected chi connectivity index (χ0v) is 20.5. The fourth-order valence-electron chi connectivity index (χ4n) is 4.60. The molecule has 180 valence electrons. The van der Waals surface area contributed by atoms with Crippen molar-refractivity contribution in [3.8, 4) is 11.3 Å². The summed E-state index contributed by atoms with van der Waals surface area (Å²) >= 11 is 0. The van der Waals surface area contributed by atoms with Crippen LogP contribution in [0.25, 0.3) is 22.3 Å². The van der Waals surface area contributed by atoms with Crippen LogP contribution in [0.4, 0.5) is 10.1 Å². The number of nitrogens with zero attached hydrogens (tertiary/aromatic N) is 3. The molecule has 4 aromatic rings. The quantitative estimate of drug-likeness (QED) is 0.443. The zero-order valence-electron chi connectivity index (χ0n) is 19.7. The second-order valence-electron chi connectivity index (χ2n) is 9.02. The van der Waals surface area contributed by atoms with Gasteiger partial charge >= 0.3 is 0 Å². The molecule has 0 radical (unpaired) electrons. The van der Waals surface area contributed by atoms with E-state index in [1.54, 1.807) is 35.9 Å². The number of carbonyl (C=O) groups is 1. The van der Waals surface area contributed by atoms with E-state index >= 15 is 0 Å². The van der Waals surface area contributed by atoms with E-state index in [1.165, 1.54) is 6.07 Å². The van der Waals surface area contributed by atoms with Crippen LogP contribution in [-0.4, -0.2) is 40.6 Å². The van der Waals surface area contributed by atoms with E-state index in [0.717, 1.165) is 11.1 Å². The van der Waals surface area contributed by atoms with Gasteiger partial charge in [-0.3, -0.25) is 4.79 Å². The van der Waals surface area contributed by atoms with Gasteiger partial charge in [-0.1, -0.05) is 24.3 Å². The van der Waals surface area contributed by atoms with Gasteiger partial charge in [-0.2, -0.15) is 5.10 Å². The molecule has 1 aliphatic heterocycles. The Bertz CT molecular complexity index is 1590. The van der Waals surface area contributed by atoms with Gasteiger partial charge in [0, 0.05) is 11.3 Å². The number of anilines is 1. The number of fused-ring (bicyclic) bond motifs is 1. The number of sulfone groups is 1. The lowest BCUT2D eigenvalue weighted by molar-refractivity contribution is 0.102. The highest BCUT2D eigenvalue weighted by Crippen LogP contribution is 2.33. The van der Waals surface area contributed by atoms with Crippen LogP contribution in [0.5, 0.6) is 0 Å². The van der Waals surface area contributed by atoms with Crippen LogP contribution >= 0.6 is 0 Å². The topological polar surface area (TPSA) is 93.9 Å². The maximum atomic E-state index is 14.7. The smallest absolute Gasteiger partial charge is 0.256 e. The Balaban J connectivity index is 1.71. The number of benzene rings is 2. The molecular weight excluding hydrogens is 467 g/mol. The maximum absolute atomic E-state index is 14.7. The average Bonchev–Trinajstić information content (AvgIpc) is 3.35. The molecule has 2 aromatic carbocycles. The van der Waals surface area contributed by atoms with Crippen molar-refractivity contribution in [1.29, 1.82) is 0 Å². The van der Waals surface area contributed by atoms with Gasteiger partial charge in [0.25, 0.3) is 5.91 Å². The van der Waals surface area contributed by atoms with Crippen molar-refractivity contribution >= 4 is 32.5 Å². The molecule has 0 saturated carbocycles. The van der Waals surface area contributed by atoms with Crippen LogP contribution in [0, 0.1) is 26.6 Å². The second kappa shape index (κ2) is 8.57. The van der Waals surface area contributed by atoms with E-state index in [9.17, 15) is 17.6 Å². The molecule has 1 fully saturated rings. The molecule has 2 aromatic heterocycles. The molecule has 3 heterocycles. The lowest BCUT2D eigenvalue weighted by atomic mass is 10.0. The monoisotopic (exact) mass is 492 g/mol. The lowest BCUT2D eigenvalue weighted by Gasteiger charge is -2.14. The van der Waals surface area contributed by atoms with Gasteiger partial charge in [0.15, 0.2) is 15.5 Å². The molecule has 1 saturated heterocycles. The Labute approximate surface area is 202 Å². The lowest BCUT2D eigenvalue weighted by Crippen LogP contribution is -2.15. The van der Waals surface area contributed by atoms with Gasteiger partial charge in [0.05, 0.1) is 39.9 Å². The predicted molar refractivity (Wildman–Crippen MR) is 134 cm³/mol. The summed E-state index contributed by atoms with van der Waals surface area (Å²) in [5, 5.41) is 8.10. The van der Waals surface area contributed by atoms with Crippen molar-refractivity contribution in [3.63, 3.8) is 0 Å². The van der Waals surface area contributed by atoms with Gasteiger partial charge in [0.2, 0.25) is 0 Å². The first-order valence-corrected chi connectivity index (χ1v) is 13.2. The second-order valence-corrected chi connectivity index (χ2v) is 11.3. The van der Waals surface area contributed by atoms with Gasteiger partial charge in [0.1, 0.15) is 5.82 Å². The fourth-order valence-corrected chi connectivity index (χ4v) is 6.29. The number of carbonyl (C=O) groups excluding carboxylic acids is 1. The number of aryl methyl sites for hydroxylation is 2. The summed E-state index contributed by atoms with van der Waals surface area (Å²) in [5.41, 5.74) is 4.44. The van der Waals surface area contributed by atoms with E-state index in [-0.39, 0.29) is 28.7 Å². The summed E-state index contributed by atoms with van der Waals surface area (Å²) < 4.78 is 40.6. The minimum absolute atomic E-state index is 0.0428. The molecule has 0 aliphatic carbocycles. The van der Waals surface area contributed by atoms with Crippen molar-refractivity contribution in [2.75, 3.05) is 16.8 Å². The van der Waals surface area contributed by atoms with Gasteiger partial charge in [-0.15, -0.1) is 0 Å². The molecular formula is C26H25FN4O3S. The molecule has 0 bridgehead atoms. The third-order valence-electron chi connectivity index (χ3n) is 6.64. The molecule has 1 aliphatic rings. The number of halogens is 1. The van der Waals surface area contributed by atoms with Gasteiger partial charge in [-0.05, 0) is 62.6 Å². The molecule has 9 heteroatoms. The van der Waals surface area contributed by atoms with E-state index in [2.05, 4.69) is 15.4 Å². The Morgan fingerprint density at radius 1 is 1.11 bits per heavy atom. The van der Waals surface area contributed by atoms with E-state index in [0.29, 0.717) is 34.4 Å². The summed E-state index contributed by atoms with van der Waals surface area (Å²) in [4.78, 5) is 18.3. The molecule has 7 nitrogen and oxygen atoms in total. The van der Waals surface area contributed by atoms with Gasteiger partial charge in [-0.25, -0.2) is 22.5 Å². The zero-order chi connectivity index (χ0) is 24.9. The number of nitrogens with one attached hydrogen (secondary N) is 1. The first-order valence-electron chi connectivity index (χ1n) is 11.4. The van der Waals surface area contributed by atoms with Crippen LogP contribution in [0.2, 0.25) is 0 Å². The van der Waals surface area contributed by atoms with E-state index in [1.807, 2.05) is 32.0 Å². The molecule has 5 rings (SSSR count). The van der Waals surface area contributed by atoms with Crippen molar-refractivity contribution in [2.24, 2.45) is 0 Å². The van der Waals surface area contributed by atoms with Crippen molar-refractivity contribution in [2.45, 2.75) is 33.2 Å². The standard InChI is InChI=1S/C26H25FN4O3S/c1-15-7-6-10-22(16(15)2)29-26(32)20-13-23(19-8-4-5-9-21(19)27)28-25-24(20)17(3)30-31(25)18-11-12-35(33,34)14-18/h4-10,13,18H,11-12,14H2,1-3H3,(H,29,32). The van der Waals surface area contributed by atoms with Crippen LogP contribution in [0.3, 0.4) is 0 Å². The van der Waals surface area contributed by atoms with E-state index in [4.69, 9.17) is 0 Å². The first kappa shape index (κ1) is 23.2. The maximum Gasteiger partial charge on any atom is 0.256 e. The number of pyridine rings is 1.